The van der Waals surface area contributed by atoms with Gasteiger partial charge in [-0.25, -0.2) is 0 Å². The molecule has 0 saturated heterocycles. The second kappa shape index (κ2) is 3.32. The normalized spacial score (nSPS) is 28.3. The molecule has 1 heterocycles. The molecule has 0 N–H and O–H groups in total. The van der Waals surface area contributed by atoms with Gasteiger partial charge in [0.25, 0.3) is 0 Å². The predicted molar refractivity (Wildman–Crippen MR) is 54.4 cm³/mol. The molecule has 0 spiro atoms. The van der Waals surface area contributed by atoms with Crippen LogP contribution >= 0.6 is 23.2 Å². The Morgan fingerprint density at radius 1 is 1.46 bits per heavy atom. The number of rotatable bonds is 1. The third-order valence-electron chi connectivity index (χ3n) is 1.72. The molecular formula is C8H12Cl2O2Se. The second-order valence-electron chi connectivity index (χ2n) is 3.94. The molecule has 2 nitrogen and oxygen atoms in total. The Morgan fingerprint density at radius 2 is 1.92 bits per heavy atom. The Hall–Kier alpha value is 0.599. The van der Waals surface area contributed by atoms with Crippen LogP contribution in [0.3, 0.4) is 0 Å². The Balaban J connectivity index is 3.22. The topological polar surface area (TPSA) is 26.3 Å². The van der Waals surface area contributed by atoms with Crippen molar-refractivity contribution in [2.45, 2.75) is 38.2 Å². The molecule has 1 rings (SSSR count). The molecule has 0 bridgehead atoms. The van der Waals surface area contributed by atoms with Crippen molar-refractivity contribution < 1.29 is 7.65 Å². The number of halogens is 2. The van der Waals surface area contributed by atoms with Gasteiger partial charge in [-0.15, -0.1) is 0 Å². The molecule has 76 valence electrons. The van der Waals surface area contributed by atoms with E-state index >= 15 is 0 Å². The quantitative estimate of drug-likeness (QED) is 0.548. The predicted octanol–water partition coefficient (Wildman–Crippen LogP) is 2.76. The minimum absolute atomic E-state index is 0.493. The van der Waals surface area contributed by atoms with E-state index in [4.69, 9.17) is 27.0 Å². The number of allylic oxidation sites excluding steroid dienone is 1. The van der Waals surface area contributed by atoms with Crippen molar-refractivity contribution in [3.05, 3.63) is 9.50 Å². The molecule has 1 atom stereocenters. The van der Waals surface area contributed by atoms with Gasteiger partial charge in [-0.2, -0.15) is 0 Å². The fraction of sp³-hybridized carbons (Fsp3) is 0.750. The molecule has 13 heavy (non-hydrogen) atoms. The zero-order chi connectivity index (χ0) is 10.4. The molecule has 5 heteroatoms. The third-order valence-corrected chi connectivity index (χ3v) is 6.45. The van der Waals surface area contributed by atoms with Crippen LogP contribution in [-0.2, 0) is 7.65 Å². The SMILES string of the molecule is CC(C)(Cl)C1=C(Cl)C(C)(C)O[Se]1=O. The van der Waals surface area contributed by atoms with E-state index in [2.05, 4.69) is 0 Å². The van der Waals surface area contributed by atoms with Gasteiger partial charge in [0.1, 0.15) is 0 Å². The number of alkyl halides is 1. The van der Waals surface area contributed by atoms with Crippen LogP contribution in [0.1, 0.15) is 27.7 Å². The van der Waals surface area contributed by atoms with E-state index in [0.29, 0.717) is 9.50 Å². The Labute approximate surface area is 92.6 Å². The van der Waals surface area contributed by atoms with Gasteiger partial charge in [0.05, 0.1) is 0 Å². The number of hydrogen-bond donors (Lipinski definition) is 0. The molecule has 0 saturated carbocycles. The van der Waals surface area contributed by atoms with Crippen molar-refractivity contribution in [3.8, 4) is 0 Å². The van der Waals surface area contributed by atoms with Crippen LogP contribution in [0.25, 0.3) is 0 Å². The van der Waals surface area contributed by atoms with Gasteiger partial charge in [-0.3, -0.25) is 0 Å². The minimum atomic E-state index is -2.47. The maximum atomic E-state index is 11.6. The van der Waals surface area contributed by atoms with E-state index in [0.717, 1.165) is 0 Å². The van der Waals surface area contributed by atoms with Gasteiger partial charge in [0, 0.05) is 0 Å². The van der Waals surface area contributed by atoms with Crippen LogP contribution in [-0.4, -0.2) is 24.6 Å². The molecule has 1 unspecified atom stereocenters. The van der Waals surface area contributed by atoms with Crippen LogP contribution in [0.2, 0.25) is 0 Å². The molecule has 0 aromatic rings. The summed E-state index contributed by atoms with van der Waals surface area (Å²) in [4.78, 5) is -0.683. The first-order valence-corrected chi connectivity index (χ1v) is 6.88. The van der Waals surface area contributed by atoms with Crippen LogP contribution in [0.5, 0.6) is 0 Å². The maximum absolute atomic E-state index is 11.6. The van der Waals surface area contributed by atoms with Crippen LogP contribution in [0.4, 0.5) is 0 Å². The summed E-state index contributed by atoms with van der Waals surface area (Å²) in [6.07, 6.45) is 0. The van der Waals surface area contributed by atoms with Crippen LogP contribution in [0, 0.1) is 0 Å². The molecule has 0 fully saturated rings. The van der Waals surface area contributed by atoms with E-state index in [9.17, 15) is 3.83 Å². The molecule has 0 amide bonds. The van der Waals surface area contributed by atoms with Crippen molar-refractivity contribution in [3.63, 3.8) is 0 Å². The van der Waals surface area contributed by atoms with Gasteiger partial charge in [0.2, 0.25) is 0 Å². The van der Waals surface area contributed by atoms with Crippen molar-refractivity contribution >= 4 is 37.4 Å². The van der Waals surface area contributed by atoms with Gasteiger partial charge in [-0.1, -0.05) is 0 Å². The monoisotopic (exact) mass is 290 g/mol. The average molecular weight is 290 g/mol. The van der Waals surface area contributed by atoms with E-state index < -0.39 is 24.6 Å². The van der Waals surface area contributed by atoms with E-state index in [1.165, 1.54) is 0 Å². The standard InChI is InChI=1S/C8H12Cl2O2Se/c1-7(2,10)6-5(9)8(3,4)12-13(6)11/h1-4H3. The van der Waals surface area contributed by atoms with E-state index in [1.54, 1.807) is 27.7 Å². The van der Waals surface area contributed by atoms with Crippen LogP contribution in [0.15, 0.2) is 9.50 Å². The zero-order valence-electron chi connectivity index (χ0n) is 7.98. The first-order valence-electron chi connectivity index (χ1n) is 3.87. The zero-order valence-corrected chi connectivity index (χ0v) is 11.2. The second-order valence-corrected chi connectivity index (χ2v) is 7.46. The summed E-state index contributed by atoms with van der Waals surface area (Å²) in [6, 6.07) is 0. The van der Waals surface area contributed by atoms with Gasteiger partial charge < -0.3 is 0 Å². The molecule has 1 aliphatic rings. The molecule has 1 aliphatic heterocycles. The Bertz CT molecular complexity index is 289. The first-order chi connectivity index (χ1) is 5.66. The summed E-state index contributed by atoms with van der Waals surface area (Å²) in [5, 5.41) is 0.493. The summed E-state index contributed by atoms with van der Waals surface area (Å²) < 4.78 is 17.5. The van der Waals surface area contributed by atoms with Crippen molar-refractivity contribution in [2.75, 3.05) is 0 Å². The van der Waals surface area contributed by atoms with E-state index in [1.807, 2.05) is 0 Å². The summed E-state index contributed by atoms with van der Waals surface area (Å²) in [6.45, 7) is 7.12. The molecular weight excluding hydrogens is 278 g/mol. The number of hydrogen-bond acceptors (Lipinski definition) is 2. The van der Waals surface area contributed by atoms with Gasteiger partial charge >= 0.3 is 92.7 Å². The van der Waals surface area contributed by atoms with Crippen molar-refractivity contribution in [1.82, 2.24) is 0 Å². The van der Waals surface area contributed by atoms with Crippen molar-refractivity contribution in [2.24, 2.45) is 0 Å². The van der Waals surface area contributed by atoms with Gasteiger partial charge in [0.15, 0.2) is 0 Å². The summed E-state index contributed by atoms with van der Waals surface area (Å²) in [5.41, 5.74) is -0.643. The van der Waals surface area contributed by atoms with Crippen molar-refractivity contribution in [1.29, 1.82) is 0 Å². The molecule has 0 radical (unpaired) electrons. The Kier molecular flexibility index (Phi) is 2.98. The summed E-state index contributed by atoms with van der Waals surface area (Å²) >= 11 is 9.65. The van der Waals surface area contributed by atoms with Crippen LogP contribution < -0.4 is 0 Å². The average Bonchev–Trinajstić information content (AvgIpc) is 1.99. The summed E-state index contributed by atoms with van der Waals surface area (Å²) in [7, 11) is 0. The van der Waals surface area contributed by atoms with Gasteiger partial charge in [-0.05, 0) is 0 Å². The van der Waals surface area contributed by atoms with E-state index in [-0.39, 0.29) is 0 Å². The Morgan fingerprint density at radius 3 is 2.08 bits per heavy atom. The summed E-state index contributed by atoms with van der Waals surface area (Å²) in [5.74, 6) is 0. The fourth-order valence-corrected chi connectivity index (χ4v) is 5.05. The molecule has 0 aromatic heterocycles. The first kappa shape index (κ1) is 11.7. The molecule has 0 aliphatic carbocycles. The molecule has 0 aromatic carbocycles. The fourth-order valence-electron chi connectivity index (χ4n) is 1.07. The third kappa shape index (κ3) is 2.16.